The highest BCUT2D eigenvalue weighted by Crippen LogP contribution is 2.37. The van der Waals surface area contributed by atoms with Crippen molar-refractivity contribution in [1.82, 2.24) is 30.3 Å². The molecule has 0 spiro atoms. The summed E-state index contributed by atoms with van der Waals surface area (Å²) in [5, 5.41) is 11.9. The third kappa shape index (κ3) is 6.13. The third-order valence-corrected chi connectivity index (χ3v) is 6.55. The number of alkyl carbamates (subject to hydrolysis) is 1. The fourth-order valence-corrected chi connectivity index (χ4v) is 4.71. The Bertz CT molecular complexity index is 1050. The Morgan fingerprint density at radius 2 is 2.14 bits per heavy atom. The number of ether oxygens (including phenoxy) is 3. The molecule has 36 heavy (non-hydrogen) atoms. The molecule has 2 aliphatic rings. The molecular formula is C25H38N6O5. The Morgan fingerprint density at radius 1 is 1.33 bits per heavy atom. The van der Waals surface area contributed by atoms with E-state index in [2.05, 4.69) is 10.6 Å². The van der Waals surface area contributed by atoms with Crippen LogP contribution in [0.1, 0.15) is 50.5 Å². The number of nitrogens with zero attached hydrogens (tertiary/aromatic N) is 4. The van der Waals surface area contributed by atoms with Crippen molar-refractivity contribution in [2.24, 2.45) is 0 Å². The van der Waals surface area contributed by atoms with Gasteiger partial charge in [0.1, 0.15) is 6.10 Å². The van der Waals surface area contributed by atoms with E-state index in [4.69, 9.17) is 24.3 Å². The lowest BCUT2D eigenvalue weighted by Gasteiger charge is -2.36. The molecule has 1 saturated heterocycles. The minimum Gasteiger partial charge on any atom is -0.450 e. The summed E-state index contributed by atoms with van der Waals surface area (Å²) in [5.74, 6) is -0.0142. The summed E-state index contributed by atoms with van der Waals surface area (Å²) in [6.45, 7) is 8.75. The monoisotopic (exact) mass is 502 g/mol. The number of rotatable bonds is 11. The third-order valence-electron chi connectivity index (χ3n) is 6.55. The second-order valence-electron chi connectivity index (χ2n) is 9.45. The molecule has 0 aromatic carbocycles. The van der Waals surface area contributed by atoms with Gasteiger partial charge in [0.25, 0.3) is 5.91 Å². The van der Waals surface area contributed by atoms with E-state index in [9.17, 15) is 9.59 Å². The number of fused-ring (bicyclic) bond motifs is 1. The molecule has 2 fully saturated rings. The van der Waals surface area contributed by atoms with Gasteiger partial charge in [-0.05, 0) is 52.2 Å². The first-order chi connectivity index (χ1) is 17.4. The van der Waals surface area contributed by atoms with Gasteiger partial charge in [0.2, 0.25) is 0 Å². The molecule has 1 saturated carbocycles. The van der Waals surface area contributed by atoms with Gasteiger partial charge in [-0.25, -0.2) is 14.5 Å². The summed E-state index contributed by atoms with van der Waals surface area (Å²) in [5.41, 5.74) is 2.51. The second kappa shape index (κ2) is 12.0. The van der Waals surface area contributed by atoms with Crippen LogP contribution < -0.4 is 10.6 Å². The Kier molecular flexibility index (Phi) is 8.76. The van der Waals surface area contributed by atoms with Crippen LogP contribution in [-0.2, 0) is 25.5 Å². The average Bonchev–Trinajstić information content (AvgIpc) is 3.63. The van der Waals surface area contributed by atoms with E-state index in [-0.39, 0.29) is 24.1 Å². The average molecular weight is 503 g/mol. The number of hydrogen-bond acceptors (Lipinski definition) is 8. The van der Waals surface area contributed by atoms with Crippen LogP contribution in [0.25, 0.3) is 11.0 Å². The second-order valence-corrected chi connectivity index (χ2v) is 9.45. The van der Waals surface area contributed by atoms with E-state index in [1.807, 2.05) is 35.6 Å². The van der Waals surface area contributed by atoms with Crippen molar-refractivity contribution in [3.8, 4) is 0 Å². The number of methoxy groups -OCH3 is 1. The van der Waals surface area contributed by atoms with Gasteiger partial charge < -0.3 is 29.7 Å². The topological polar surface area (TPSA) is 120 Å². The van der Waals surface area contributed by atoms with E-state index in [1.165, 1.54) is 0 Å². The first kappa shape index (κ1) is 26.3. The molecule has 2 aromatic rings. The molecule has 11 nitrogen and oxygen atoms in total. The Labute approximate surface area is 211 Å². The highest BCUT2D eigenvalue weighted by molar-refractivity contribution is 5.84. The molecule has 2 N–H and O–H groups in total. The van der Waals surface area contributed by atoms with E-state index in [0.29, 0.717) is 45.8 Å². The molecule has 2 amide bonds. The van der Waals surface area contributed by atoms with Crippen molar-refractivity contribution in [3.63, 3.8) is 0 Å². The molecular weight excluding hydrogens is 464 g/mol. The van der Waals surface area contributed by atoms with Crippen molar-refractivity contribution >= 4 is 23.0 Å². The van der Waals surface area contributed by atoms with Crippen LogP contribution in [0.2, 0.25) is 0 Å². The van der Waals surface area contributed by atoms with Gasteiger partial charge in [0.15, 0.2) is 5.65 Å². The zero-order valence-electron chi connectivity index (χ0n) is 21.7. The number of pyridine rings is 1. The Morgan fingerprint density at radius 3 is 2.86 bits per heavy atom. The molecule has 0 bridgehead atoms. The molecule has 1 aliphatic heterocycles. The lowest BCUT2D eigenvalue weighted by Crippen LogP contribution is -2.54. The molecule has 4 rings (SSSR count). The summed E-state index contributed by atoms with van der Waals surface area (Å²) in [7, 11) is 1.64. The van der Waals surface area contributed by atoms with Crippen LogP contribution >= 0.6 is 0 Å². The number of hydrogen-bond donors (Lipinski definition) is 2. The van der Waals surface area contributed by atoms with Gasteiger partial charge in [0, 0.05) is 50.4 Å². The van der Waals surface area contributed by atoms with Gasteiger partial charge in [-0.3, -0.25) is 4.79 Å². The summed E-state index contributed by atoms with van der Waals surface area (Å²) < 4.78 is 18.1. The lowest BCUT2D eigenvalue weighted by atomic mass is 10.1. The predicted molar refractivity (Wildman–Crippen MR) is 134 cm³/mol. The fraction of sp³-hybridized carbons (Fsp3) is 0.680. The van der Waals surface area contributed by atoms with Gasteiger partial charge in [-0.15, -0.1) is 0 Å². The van der Waals surface area contributed by atoms with Crippen molar-refractivity contribution in [2.45, 2.75) is 70.9 Å². The van der Waals surface area contributed by atoms with Gasteiger partial charge >= 0.3 is 6.09 Å². The number of morpholine rings is 1. The SMILES string of the molecule is CCOC(=O)NCCCn1nc([C@@H](C)N(C(=O)[C@H]2CNC[C@@H](COC)O2)C2CC2)c2ccc(C)nc21. The standard InChI is InChI=1S/C25H38N6O5/c1-5-35-25(33)27-11-6-12-30-23-20(10-7-16(2)28-23)22(29-30)17(3)31(18-8-9-18)24(32)21-14-26-13-19(36-21)15-34-4/h7,10,17-19,21,26H,5-6,8-9,11-15H2,1-4H3,(H,27,33)/t17-,19+,21-/m1/s1. The molecule has 2 aromatic heterocycles. The summed E-state index contributed by atoms with van der Waals surface area (Å²) in [6, 6.07) is 3.96. The van der Waals surface area contributed by atoms with Gasteiger partial charge in [-0.1, -0.05) is 0 Å². The number of carbonyl (C=O) groups excluding carboxylic acids is 2. The maximum atomic E-state index is 13.7. The van der Waals surface area contributed by atoms with E-state index >= 15 is 0 Å². The van der Waals surface area contributed by atoms with Crippen molar-refractivity contribution in [2.75, 3.05) is 40.0 Å². The fourth-order valence-electron chi connectivity index (χ4n) is 4.71. The highest BCUT2D eigenvalue weighted by atomic mass is 16.5. The van der Waals surface area contributed by atoms with Crippen LogP contribution in [0.15, 0.2) is 12.1 Å². The summed E-state index contributed by atoms with van der Waals surface area (Å²) in [4.78, 5) is 32.0. The molecule has 11 heteroatoms. The normalized spacial score (nSPS) is 20.8. The van der Waals surface area contributed by atoms with E-state index in [0.717, 1.165) is 35.3 Å². The van der Waals surface area contributed by atoms with Crippen LogP contribution in [0.3, 0.4) is 0 Å². The smallest absolute Gasteiger partial charge is 0.407 e. The summed E-state index contributed by atoms with van der Waals surface area (Å²) in [6.07, 6.45) is 1.51. The van der Waals surface area contributed by atoms with Crippen molar-refractivity contribution < 1.29 is 23.8 Å². The van der Waals surface area contributed by atoms with Crippen LogP contribution in [0.5, 0.6) is 0 Å². The number of carbonyl (C=O) groups is 2. The Hall–Kier alpha value is -2.76. The molecule has 3 heterocycles. The van der Waals surface area contributed by atoms with Crippen molar-refractivity contribution in [3.05, 3.63) is 23.5 Å². The van der Waals surface area contributed by atoms with Crippen LogP contribution in [0, 0.1) is 6.92 Å². The maximum Gasteiger partial charge on any atom is 0.407 e. The predicted octanol–water partition coefficient (Wildman–Crippen LogP) is 1.93. The maximum absolute atomic E-state index is 13.7. The highest BCUT2D eigenvalue weighted by Gasteiger charge is 2.42. The Balaban J connectivity index is 1.53. The lowest BCUT2D eigenvalue weighted by molar-refractivity contribution is -0.156. The molecule has 1 aliphatic carbocycles. The largest absolute Gasteiger partial charge is 0.450 e. The molecule has 3 atom stereocenters. The van der Waals surface area contributed by atoms with E-state index < -0.39 is 12.2 Å². The van der Waals surface area contributed by atoms with Gasteiger partial charge in [-0.2, -0.15) is 5.10 Å². The first-order valence-corrected chi connectivity index (χ1v) is 12.8. The molecule has 0 radical (unpaired) electrons. The number of nitrogens with one attached hydrogen (secondary N) is 2. The number of aromatic nitrogens is 3. The number of amides is 2. The van der Waals surface area contributed by atoms with Gasteiger partial charge in [0.05, 0.1) is 31.1 Å². The minimum absolute atomic E-state index is 0.0142. The first-order valence-electron chi connectivity index (χ1n) is 12.8. The van der Waals surface area contributed by atoms with E-state index in [1.54, 1.807) is 14.0 Å². The molecule has 0 unspecified atom stereocenters. The number of aryl methyl sites for hydroxylation is 2. The molecule has 198 valence electrons. The van der Waals surface area contributed by atoms with Crippen LogP contribution in [0.4, 0.5) is 4.79 Å². The van der Waals surface area contributed by atoms with Crippen LogP contribution in [-0.4, -0.2) is 89.9 Å². The zero-order valence-corrected chi connectivity index (χ0v) is 21.7. The van der Waals surface area contributed by atoms with Crippen molar-refractivity contribution in [1.29, 1.82) is 0 Å². The minimum atomic E-state index is -0.551. The summed E-state index contributed by atoms with van der Waals surface area (Å²) >= 11 is 0. The zero-order chi connectivity index (χ0) is 25.7. The quantitative estimate of drug-likeness (QED) is 0.448.